The number of nitrogens with zero attached hydrogens (tertiary/aromatic N) is 1. The Kier molecular flexibility index (Phi) is 4.41. The summed E-state index contributed by atoms with van der Waals surface area (Å²) in [6.07, 6.45) is 0. The molecule has 4 heteroatoms. The van der Waals surface area contributed by atoms with Gasteiger partial charge in [-0.25, -0.2) is 0 Å². The zero-order valence-electron chi connectivity index (χ0n) is 6.63. The van der Waals surface area contributed by atoms with Crippen LogP contribution < -0.4 is 7.85 Å². The van der Waals surface area contributed by atoms with Gasteiger partial charge in [-0.3, -0.25) is 0 Å². The molecule has 0 saturated heterocycles. The normalized spacial score (nSPS) is 9.58. The Bertz CT molecular complexity index is 253. The second kappa shape index (κ2) is 5.11. The van der Waals surface area contributed by atoms with Gasteiger partial charge in [-0.15, -0.1) is 0 Å². The fourth-order valence-corrected chi connectivity index (χ4v) is 1.63. The van der Waals surface area contributed by atoms with Crippen molar-refractivity contribution in [2.75, 3.05) is 14.8 Å². The zero-order chi connectivity index (χ0) is 8.97. The van der Waals surface area contributed by atoms with Gasteiger partial charge in [0.25, 0.3) is 0 Å². The Balaban J connectivity index is 2.92. The molecule has 0 atom stereocenters. The number of halogens is 2. The van der Waals surface area contributed by atoms with E-state index in [4.69, 9.17) is 4.74 Å². The van der Waals surface area contributed by atoms with E-state index < -0.39 is 0 Å². The number of benzene rings is 1. The standard InChI is InChI=1S/C8H9I2NO/c1-11(10)7-4-2-3-5-8(7)12-6-9/h2-5H,6H2,1H3. The largest absolute Gasteiger partial charge is 0.481 e. The summed E-state index contributed by atoms with van der Waals surface area (Å²) in [6, 6.07) is 7.99. The van der Waals surface area contributed by atoms with Gasteiger partial charge >= 0.3 is 0 Å². The summed E-state index contributed by atoms with van der Waals surface area (Å²) in [5, 5.41) is 0. The van der Waals surface area contributed by atoms with Crippen LogP contribution >= 0.6 is 45.5 Å². The van der Waals surface area contributed by atoms with E-state index >= 15 is 0 Å². The van der Waals surface area contributed by atoms with Crippen molar-refractivity contribution in [1.82, 2.24) is 0 Å². The average Bonchev–Trinajstić information content (AvgIpc) is 2.05. The van der Waals surface area contributed by atoms with Gasteiger partial charge in [0, 0.05) is 7.05 Å². The molecule has 0 aliphatic heterocycles. The molecule has 0 bridgehead atoms. The molecule has 0 N–H and O–H groups in total. The molecule has 1 rings (SSSR count). The van der Waals surface area contributed by atoms with Crippen molar-refractivity contribution in [3.63, 3.8) is 0 Å². The highest BCUT2D eigenvalue weighted by molar-refractivity contribution is 14.1. The third-order valence-electron chi connectivity index (χ3n) is 1.41. The number of hydrogen-bond donors (Lipinski definition) is 0. The predicted octanol–water partition coefficient (Wildman–Crippen LogP) is 3.24. The quantitative estimate of drug-likeness (QED) is 0.447. The highest BCUT2D eigenvalue weighted by Crippen LogP contribution is 2.29. The van der Waals surface area contributed by atoms with E-state index in [0.717, 1.165) is 11.4 Å². The summed E-state index contributed by atoms with van der Waals surface area (Å²) < 4.78 is 8.13. The molecule has 0 unspecified atom stereocenters. The minimum atomic E-state index is 0.680. The minimum Gasteiger partial charge on any atom is -0.481 e. The summed E-state index contributed by atoms with van der Waals surface area (Å²) in [7, 11) is 2.00. The summed E-state index contributed by atoms with van der Waals surface area (Å²) >= 11 is 4.41. The first-order valence-electron chi connectivity index (χ1n) is 3.43. The van der Waals surface area contributed by atoms with E-state index in [1.165, 1.54) is 0 Å². The molecule has 0 saturated carbocycles. The van der Waals surface area contributed by atoms with Gasteiger partial charge in [-0.2, -0.15) is 0 Å². The van der Waals surface area contributed by atoms with E-state index in [0.29, 0.717) is 4.61 Å². The second-order valence-corrected chi connectivity index (χ2v) is 4.27. The highest BCUT2D eigenvalue weighted by atomic mass is 127. The van der Waals surface area contributed by atoms with Gasteiger partial charge in [0.2, 0.25) is 0 Å². The molecule has 2 nitrogen and oxygen atoms in total. The van der Waals surface area contributed by atoms with Gasteiger partial charge in [-0.1, -0.05) is 12.1 Å². The fraction of sp³-hybridized carbons (Fsp3) is 0.250. The first-order valence-corrected chi connectivity index (χ1v) is 5.92. The SMILES string of the molecule is CN(I)c1ccccc1OCI. The molecule has 0 fully saturated rings. The van der Waals surface area contributed by atoms with Gasteiger partial charge < -0.3 is 7.85 Å². The Morgan fingerprint density at radius 2 is 2.08 bits per heavy atom. The lowest BCUT2D eigenvalue weighted by atomic mass is 10.3. The molecular weight excluding hydrogens is 380 g/mol. The summed E-state index contributed by atoms with van der Waals surface area (Å²) in [5.74, 6) is 0.934. The van der Waals surface area contributed by atoms with E-state index in [2.05, 4.69) is 45.5 Å². The van der Waals surface area contributed by atoms with E-state index in [1.54, 1.807) is 0 Å². The maximum absolute atomic E-state index is 5.44. The smallest absolute Gasteiger partial charge is 0.144 e. The molecule has 66 valence electrons. The number of para-hydroxylation sites is 2. The molecule has 12 heavy (non-hydrogen) atoms. The second-order valence-electron chi connectivity index (χ2n) is 2.20. The number of ether oxygens (including phenoxy) is 1. The fourth-order valence-electron chi connectivity index (χ4n) is 0.893. The summed E-state index contributed by atoms with van der Waals surface area (Å²) in [6.45, 7) is 0. The van der Waals surface area contributed by atoms with Crippen LogP contribution in [-0.4, -0.2) is 11.7 Å². The summed E-state index contributed by atoms with van der Waals surface area (Å²) in [5.41, 5.74) is 1.11. The Morgan fingerprint density at radius 3 is 2.67 bits per heavy atom. The van der Waals surface area contributed by atoms with Crippen LogP contribution in [0.1, 0.15) is 0 Å². The van der Waals surface area contributed by atoms with E-state index in [1.807, 2.05) is 34.4 Å². The number of alkyl halides is 1. The van der Waals surface area contributed by atoms with Crippen LogP contribution in [0.15, 0.2) is 24.3 Å². The van der Waals surface area contributed by atoms with Crippen molar-refractivity contribution in [3.05, 3.63) is 24.3 Å². The van der Waals surface area contributed by atoms with Gasteiger partial charge in [0.05, 0.1) is 28.6 Å². The zero-order valence-corrected chi connectivity index (χ0v) is 10.9. The van der Waals surface area contributed by atoms with E-state index in [9.17, 15) is 0 Å². The van der Waals surface area contributed by atoms with Crippen LogP contribution in [0.2, 0.25) is 0 Å². The topological polar surface area (TPSA) is 12.5 Å². The van der Waals surface area contributed by atoms with Gasteiger partial charge in [0.1, 0.15) is 10.4 Å². The lowest BCUT2D eigenvalue weighted by Gasteiger charge is -2.14. The lowest BCUT2D eigenvalue weighted by Crippen LogP contribution is -2.02. The van der Waals surface area contributed by atoms with Crippen molar-refractivity contribution in [2.24, 2.45) is 0 Å². The van der Waals surface area contributed by atoms with Gasteiger partial charge in [-0.05, 0) is 34.7 Å². The summed E-state index contributed by atoms with van der Waals surface area (Å²) in [4.78, 5) is 0. The van der Waals surface area contributed by atoms with Crippen LogP contribution in [0.3, 0.4) is 0 Å². The molecule has 1 aromatic rings. The third kappa shape index (κ3) is 2.65. The molecule has 0 aliphatic carbocycles. The van der Waals surface area contributed by atoms with E-state index in [-0.39, 0.29) is 0 Å². The average molecular weight is 389 g/mol. The Hall–Kier alpha value is 0.280. The van der Waals surface area contributed by atoms with Crippen LogP contribution in [0.5, 0.6) is 5.75 Å². The Labute approximate surface area is 99.9 Å². The highest BCUT2D eigenvalue weighted by Gasteiger charge is 2.03. The van der Waals surface area contributed by atoms with Crippen LogP contribution in [0, 0.1) is 0 Å². The molecule has 0 radical (unpaired) electrons. The monoisotopic (exact) mass is 389 g/mol. The van der Waals surface area contributed by atoms with Gasteiger partial charge in [0.15, 0.2) is 0 Å². The third-order valence-corrected chi connectivity index (χ3v) is 2.24. The molecule has 0 amide bonds. The lowest BCUT2D eigenvalue weighted by molar-refractivity contribution is 0.406. The van der Waals surface area contributed by atoms with Crippen molar-refractivity contribution in [2.45, 2.75) is 0 Å². The first kappa shape index (κ1) is 10.4. The Morgan fingerprint density at radius 1 is 1.42 bits per heavy atom. The van der Waals surface area contributed by atoms with Crippen LogP contribution in [-0.2, 0) is 0 Å². The van der Waals surface area contributed by atoms with Crippen LogP contribution in [0.4, 0.5) is 5.69 Å². The van der Waals surface area contributed by atoms with Crippen molar-refractivity contribution in [3.8, 4) is 5.75 Å². The minimum absolute atomic E-state index is 0.680. The van der Waals surface area contributed by atoms with Crippen molar-refractivity contribution in [1.29, 1.82) is 0 Å². The van der Waals surface area contributed by atoms with Crippen LogP contribution in [0.25, 0.3) is 0 Å². The van der Waals surface area contributed by atoms with Crippen molar-refractivity contribution >= 4 is 51.1 Å². The molecule has 0 aliphatic rings. The molecule has 0 spiro atoms. The maximum Gasteiger partial charge on any atom is 0.144 e. The molecular formula is C8H9I2NO. The maximum atomic E-state index is 5.44. The number of rotatable bonds is 3. The first-order chi connectivity index (χ1) is 5.75. The molecule has 1 aromatic carbocycles. The predicted molar refractivity (Wildman–Crippen MR) is 68.4 cm³/mol. The molecule has 0 aromatic heterocycles. The molecule has 0 heterocycles. The number of anilines is 1. The number of hydrogen-bond acceptors (Lipinski definition) is 2. The van der Waals surface area contributed by atoms with Crippen molar-refractivity contribution < 1.29 is 4.74 Å².